The second-order valence-electron chi connectivity index (χ2n) is 4.75. The van der Waals surface area contributed by atoms with Crippen molar-refractivity contribution in [2.45, 2.75) is 23.5 Å². The number of anilines is 1. The summed E-state index contributed by atoms with van der Waals surface area (Å²) in [4.78, 5) is 19.5. The normalized spacial score (nSPS) is 10.5. The van der Waals surface area contributed by atoms with Crippen LogP contribution < -0.4 is 5.32 Å². The van der Waals surface area contributed by atoms with E-state index in [2.05, 4.69) is 32.4 Å². The fourth-order valence-corrected chi connectivity index (χ4v) is 2.58. The lowest BCUT2D eigenvalue weighted by Gasteiger charge is -2.04. The maximum Gasteiger partial charge on any atom is 0.276 e. The average molecular weight is 325 g/mol. The molecular weight excluding hydrogens is 310 g/mol. The van der Waals surface area contributed by atoms with E-state index in [-0.39, 0.29) is 11.6 Å². The number of carbonyl (C=O) groups is 1. The van der Waals surface area contributed by atoms with Crippen molar-refractivity contribution in [2.24, 2.45) is 0 Å². The lowest BCUT2D eigenvalue weighted by atomic mass is 10.3. The van der Waals surface area contributed by atoms with Crippen LogP contribution in [0.1, 0.15) is 23.1 Å². The second kappa shape index (κ2) is 7.06. The summed E-state index contributed by atoms with van der Waals surface area (Å²) in [6, 6.07) is 12.6. The zero-order valence-corrected chi connectivity index (χ0v) is 13.3. The van der Waals surface area contributed by atoms with E-state index in [9.17, 15) is 4.79 Å². The molecule has 0 aliphatic rings. The number of imidazole rings is 1. The molecule has 1 amide bonds. The Morgan fingerprint density at radius 3 is 2.65 bits per heavy atom. The Balaban J connectivity index is 1.65. The summed E-state index contributed by atoms with van der Waals surface area (Å²) in [5.41, 5.74) is 2.06. The van der Waals surface area contributed by atoms with Gasteiger partial charge in [0, 0.05) is 17.6 Å². The third kappa shape index (κ3) is 3.95. The number of aromatic nitrogens is 4. The molecule has 3 rings (SSSR count). The van der Waals surface area contributed by atoms with Crippen LogP contribution in [0, 0.1) is 0 Å². The molecular formula is C16H15N5OS. The predicted molar refractivity (Wildman–Crippen MR) is 88.5 cm³/mol. The van der Waals surface area contributed by atoms with E-state index in [0.29, 0.717) is 5.03 Å². The Morgan fingerprint density at radius 2 is 2.00 bits per heavy atom. The van der Waals surface area contributed by atoms with E-state index in [1.807, 2.05) is 30.3 Å². The molecule has 0 atom stereocenters. The van der Waals surface area contributed by atoms with E-state index >= 15 is 0 Å². The third-order valence-electron chi connectivity index (χ3n) is 3.09. The summed E-state index contributed by atoms with van der Waals surface area (Å²) >= 11 is 1.38. The van der Waals surface area contributed by atoms with Gasteiger partial charge in [-0.15, -0.1) is 10.2 Å². The van der Waals surface area contributed by atoms with E-state index in [1.54, 1.807) is 18.3 Å². The summed E-state index contributed by atoms with van der Waals surface area (Å²) in [7, 11) is 0. The van der Waals surface area contributed by atoms with Gasteiger partial charge in [-0.1, -0.05) is 25.1 Å². The van der Waals surface area contributed by atoms with Gasteiger partial charge >= 0.3 is 0 Å². The van der Waals surface area contributed by atoms with Crippen molar-refractivity contribution in [3.05, 3.63) is 60.0 Å². The lowest BCUT2D eigenvalue weighted by Crippen LogP contribution is -2.14. The zero-order valence-electron chi connectivity index (χ0n) is 12.5. The van der Waals surface area contributed by atoms with Gasteiger partial charge in [0.1, 0.15) is 5.03 Å². The third-order valence-corrected chi connectivity index (χ3v) is 3.92. The summed E-state index contributed by atoms with van der Waals surface area (Å²) in [5.74, 6) is -0.286. The quantitative estimate of drug-likeness (QED) is 0.753. The highest BCUT2D eigenvalue weighted by molar-refractivity contribution is 7.99. The van der Waals surface area contributed by atoms with Crippen molar-refractivity contribution in [2.75, 3.05) is 5.32 Å². The maximum absolute atomic E-state index is 12.1. The molecule has 23 heavy (non-hydrogen) atoms. The Bertz CT molecular complexity index is 786. The standard InChI is InChI=1S/C16H15N5OS/c1-2-11-10-17-16(19-11)23-14-9-8-13(20-21-14)15(22)18-12-6-4-3-5-7-12/h3-10H,2H2,1H3,(H,17,19)(H,18,22). The minimum Gasteiger partial charge on any atom is -0.337 e. The zero-order chi connectivity index (χ0) is 16.1. The summed E-state index contributed by atoms with van der Waals surface area (Å²) in [6.07, 6.45) is 2.70. The van der Waals surface area contributed by atoms with Crippen molar-refractivity contribution in [3.8, 4) is 0 Å². The molecule has 0 unspecified atom stereocenters. The first-order valence-corrected chi connectivity index (χ1v) is 7.98. The minimum absolute atomic E-state index is 0.270. The Hall–Kier alpha value is -2.67. The van der Waals surface area contributed by atoms with Crippen LogP contribution in [0.4, 0.5) is 5.69 Å². The molecule has 3 aromatic rings. The number of nitrogens with zero attached hydrogens (tertiary/aromatic N) is 3. The van der Waals surface area contributed by atoms with Gasteiger partial charge in [0.2, 0.25) is 0 Å². The predicted octanol–water partition coefficient (Wildman–Crippen LogP) is 3.17. The van der Waals surface area contributed by atoms with Gasteiger partial charge in [-0.2, -0.15) is 0 Å². The van der Waals surface area contributed by atoms with Crippen LogP contribution in [0.25, 0.3) is 0 Å². The van der Waals surface area contributed by atoms with Crippen molar-refractivity contribution in [1.82, 2.24) is 20.2 Å². The van der Waals surface area contributed by atoms with Gasteiger partial charge in [-0.25, -0.2) is 4.98 Å². The van der Waals surface area contributed by atoms with Crippen LogP contribution in [0.15, 0.2) is 58.8 Å². The van der Waals surface area contributed by atoms with Crippen LogP contribution in [-0.4, -0.2) is 26.1 Å². The molecule has 0 fully saturated rings. The number of hydrogen-bond acceptors (Lipinski definition) is 5. The highest BCUT2D eigenvalue weighted by atomic mass is 32.2. The van der Waals surface area contributed by atoms with Crippen LogP contribution in [-0.2, 0) is 6.42 Å². The molecule has 2 heterocycles. The van der Waals surface area contributed by atoms with Crippen molar-refractivity contribution < 1.29 is 4.79 Å². The number of nitrogens with one attached hydrogen (secondary N) is 2. The SMILES string of the molecule is CCc1cnc(Sc2ccc(C(=O)Nc3ccccc3)nn2)[nH]1. The molecule has 7 heteroatoms. The van der Waals surface area contributed by atoms with Crippen molar-refractivity contribution in [1.29, 1.82) is 0 Å². The van der Waals surface area contributed by atoms with E-state index < -0.39 is 0 Å². The number of amides is 1. The molecule has 1 aromatic carbocycles. The number of carbonyl (C=O) groups excluding carboxylic acids is 1. The summed E-state index contributed by atoms with van der Waals surface area (Å²) in [5, 5.41) is 12.2. The first-order chi connectivity index (χ1) is 11.2. The lowest BCUT2D eigenvalue weighted by molar-refractivity contribution is 0.102. The first kappa shape index (κ1) is 15.2. The second-order valence-corrected chi connectivity index (χ2v) is 5.76. The largest absolute Gasteiger partial charge is 0.337 e. The number of aryl methyl sites for hydroxylation is 1. The maximum atomic E-state index is 12.1. The monoisotopic (exact) mass is 325 g/mol. The molecule has 0 bridgehead atoms. The minimum atomic E-state index is -0.286. The number of rotatable bonds is 5. The molecule has 0 saturated carbocycles. The van der Waals surface area contributed by atoms with Crippen LogP contribution in [0.5, 0.6) is 0 Å². The fourth-order valence-electron chi connectivity index (χ4n) is 1.88. The first-order valence-electron chi connectivity index (χ1n) is 7.16. The van der Waals surface area contributed by atoms with Crippen LogP contribution in [0.2, 0.25) is 0 Å². The summed E-state index contributed by atoms with van der Waals surface area (Å²) < 4.78 is 0. The molecule has 0 saturated heterocycles. The van der Waals surface area contributed by atoms with Crippen molar-refractivity contribution in [3.63, 3.8) is 0 Å². The number of aromatic amines is 1. The fraction of sp³-hybridized carbons (Fsp3) is 0.125. The van der Waals surface area contributed by atoms with E-state index in [0.717, 1.165) is 23.0 Å². The number of H-pyrrole nitrogens is 1. The Morgan fingerprint density at radius 1 is 1.17 bits per heavy atom. The van der Waals surface area contributed by atoms with E-state index in [4.69, 9.17) is 0 Å². The van der Waals surface area contributed by atoms with Gasteiger partial charge in [0.25, 0.3) is 5.91 Å². The van der Waals surface area contributed by atoms with Crippen molar-refractivity contribution >= 4 is 23.4 Å². The number of benzene rings is 1. The topological polar surface area (TPSA) is 83.6 Å². The molecule has 0 aliphatic carbocycles. The van der Waals surface area contributed by atoms with Crippen LogP contribution in [0.3, 0.4) is 0 Å². The molecule has 6 nitrogen and oxygen atoms in total. The molecule has 0 radical (unpaired) electrons. The molecule has 116 valence electrons. The Labute approximate surface area is 137 Å². The molecule has 2 aromatic heterocycles. The van der Waals surface area contributed by atoms with Gasteiger partial charge in [0.05, 0.1) is 0 Å². The number of para-hydroxylation sites is 1. The highest BCUT2D eigenvalue weighted by Crippen LogP contribution is 2.22. The summed E-state index contributed by atoms with van der Waals surface area (Å²) in [6.45, 7) is 2.06. The van der Waals surface area contributed by atoms with Gasteiger partial charge in [-0.3, -0.25) is 4.79 Å². The smallest absolute Gasteiger partial charge is 0.276 e. The Kier molecular flexibility index (Phi) is 4.68. The van der Waals surface area contributed by atoms with Crippen LogP contribution >= 0.6 is 11.8 Å². The molecule has 0 aliphatic heterocycles. The van der Waals surface area contributed by atoms with Gasteiger partial charge in [0.15, 0.2) is 10.9 Å². The molecule has 0 spiro atoms. The number of hydrogen-bond donors (Lipinski definition) is 2. The molecule has 2 N–H and O–H groups in total. The van der Waals surface area contributed by atoms with Gasteiger partial charge in [-0.05, 0) is 42.4 Å². The highest BCUT2D eigenvalue weighted by Gasteiger charge is 2.10. The van der Waals surface area contributed by atoms with Gasteiger partial charge < -0.3 is 10.3 Å². The average Bonchev–Trinajstić information content (AvgIpc) is 3.04. The van der Waals surface area contributed by atoms with E-state index in [1.165, 1.54) is 11.8 Å².